The molecule has 0 bridgehead atoms. The second kappa shape index (κ2) is 5.45. The molecule has 4 heteroatoms. The van der Waals surface area contributed by atoms with Crippen LogP contribution in [0.5, 0.6) is 0 Å². The van der Waals surface area contributed by atoms with Gasteiger partial charge in [-0.1, -0.05) is 36.3 Å². The Bertz CT molecular complexity index is 492. The molecule has 0 aliphatic heterocycles. The lowest BCUT2D eigenvalue weighted by atomic mass is 9.89. The second-order valence-corrected chi connectivity index (χ2v) is 6.52. The van der Waals surface area contributed by atoms with Crippen molar-refractivity contribution in [3.05, 3.63) is 24.3 Å². The normalized spacial score (nSPS) is 24.3. The van der Waals surface area contributed by atoms with E-state index in [1.54, 1.807) is 11.3 Å². The summed E-state index contributed by atoms with van der Waals surface area (Å²) < 4.78 is 1.24. The third kappa shape index (κ3) is 2.62. The Kier molecular flexibility index (Phi) is 3.71. The maximum atomic E-state index is 6.37. The van der Waals surface area contributed by atoms with Gasteiger partial charge in [0.2, 0.25) is 0 Å². The fourth-order valence-corrected chi connectivity index (χ4v) is 3.80. The van der Waals surface area contributed by atoms with Crippen LogP contribution >= 0.6 is 22.9 Å². The van der Waals surface area contributed by atoms with Gasteiger partial charge in [0, 0.05) is 11.9 Å². The highest BCUT2D eigenvalue weighted by atomic mass is 35.5. The van der Waals surface area contributed by atoms with E-state index >= 15 is 0 Å². The molecular weight excluding hydrogens is 264 g/mol. The highest BCUT2D eigenvalue weighted by Gasteiger charge is 2.22. The Balaban J connectivity index is 1.65. The van der Waals surface area contributed by atoms with E-state index in [1.165, 1.54) is 24.0 Å². The number of aromatic nitrogens is 1. The van der Waals surface area contributed by atoms with Crippen LogP contribution in [0.3, 0.4) is 0 Å². The number of rotatable bonds is 3. The number of thiazole rings is 1. The topological polar surface area (TPSA) is 24.9 Å². The summed E-state index contributed by atoms with van der Waals surface area (Å²) in [5, 5.41) is 4.81. The van der Waals surface area contributed by atoms with Gasteiger partial charge in [-0.25, -0.2) is 4.98 Å². The third-order valence-electron chi connectivity index (χ3n) is 3.63. The van der Waals surface area contributed by atoms with Crippen molar-refractivity contribution in [2.24, 2.45) is 5.92 Å². The molecule has 0 spiro atoms. The summed E-state index contributed by atoms with van der Waals surface area (Å²) in [5.74, 6) is 0.590. The molecule has 2 aromatic rings. The van der Waals surface area contributed by atoms with Crippen LogP contribution < -0.4 is 5.32 Å². The lowest BCUT2D eigenvalue weighted by molar-refractivity contribution is 0.380. The first-order chi connectivity index (χ1) is 8.83. The van der Waals surface area contributed by atoms with E-state index < -0.39 is 0 Å². The summed E-state index contributed by atoms with van der Waals surface area (Å²) in [6.45, 7) is 0.952. The van der Waals surface area contributed by atoms with Gasteiger partial charge in [0.1, 0.15) is 0 Å². The molecule has 1 aliphatic rings. The monoisotopic (exact) mass is 280 g/mol. The maximum Gasteiger partial charge on any atom is 0.183 e. The Morgan fingerprint density at radius 1 is 1.28 bits per heavy atom. The molecule has 96 valence electrons. The van der Waals surface area contributed by atoms with Gasteiger partial charge in [0.25, 0.3) is 0 Å². The fourth-order valence-electron chi connectivity index (χ4n) is 2.56. The zero-order chi connectivity index (χ0) is 12.4. The van der Waals surface area contributed by atoms with E-state index in [0.29, 0.717) is 11.3 Å². The number of hydrogen-bond acceptors (Lipinski definition) is 3. The van der Waals surface area contributed by atoms with Crippen LogP contribution in [0.1, 0.15) is 25.7 Å². The summed E-state index contributed by atoms with van der Waals surface area (Å²) in [6, 6.07) is 8.26. The Morgan fingerprint density at radius 3 is 2.94 bits per heavy atom. The molecule has 1 aromatic heterocycles. The standard InChI is InChI=1S/C14H17ClN2S/c15-11-6-2-1-5-10(11)9-16-14-17-12-7-3-4-8-13(12)18-14/h3-4,7-8,10-11H,1-2,5-6,9H2,(H,16,17). The molecule has 0 amide bonds. The minimum atomic E-state index is 0.334. The first-order valence-corrected chi connectivity index (χ1v) is 7.82. The summed E-state index contributed by atoms with van der Waals surface area (Å²) in [4.78, 5) is 4.59. The van der Waals surface area contributed by atoms with E-state index in [4.69, 9.17) is 11.6 Å². The van der Waals surface area contributed by atoms with Crippen molar-refractivity contribution in [2.75, 3.05) is 11.9 Å². The van der Waals surface area contributed by atoms with Crippen LogP contribution in [0.2, 0.25) is 0 Å². The molecule has 1 heterocycles. The minimum absolute atomic E-state index is 0.334. The van der Waals surface area contributed by atoms with Gasteiger partial charge >= 0.3 is 0 Å². The minimum Gasteiger partial charge on any atom is -0.361 e. The Morgan fingerprint density at radius 2 is 2.11 bits per heavy atom. The quantitative estimate of drug-likeness (QED) is 0.837. The zero-order valence-corrected chi connectivity index (χ0v) is 11.8. The number of para-hydroxylation sites is 1. The lowest BCUT2D eigenvalue weighted by Gasteiger charge is -2.26. The number of benzene rings is 1. The highest BCUT2D eigenvalue weighted by Crippen LogP contribution is 2.30. The smallest absolute Gasteiger partial charge is 0.183 e. The lowest BCUT2D eigenvalue weighted by Crippen LogP contribution is -2.26. The summed E-state index contributed by atoms with van der Waals surface area (Å²) >= 11 is 8.09. The molecule has 1 N–H and O–H groups in total. The summed E-state index contributed by atoms with van der Waals surface area (Å²) in [5.41, 5.74) is 1.08. The van der Waals surface area contributed by atoms with Crippen LogP contribution in [0, 0.1) is 5.92 Å². The van der Waals surface area contributed by atoms with Crippen molar-refractivity contribution in [1.29, 1.82) is 0 Å². The molecular formula is C14H17ClN2S. The van der Waals surface area contributed by atoms with Crippen LogP contribution in [-0.2, 0) is 0 Å². The van der Waals surface area contributed by atoms with Crippen molar-refractivity contribution in [3.63, 3.8) is 0 Å². The summed E-state index contributed by atoms with van der Waals surface area (Å²) in [6.07, 6.45) is 5.00. The Hall–Kier alpha value is -0.800. The first kappa shape index (κ1) is 12.2. The maximum absolute atomic E-state index is 6.37. The molecule has 18 heavy (non-hydrogen) atoms. The van der Waals surface area contributed by atoms with Gasteiger partial charge in [0.15, 0.2) is 5.13 Å². The van der Waals surface area contributed by atoms with E-state index in [2.05, 4.69) is 28.5 Å². The molecule has 0 saturated heterocycles. The van der Waals surface area contributed by atoms with Gasteiger partial charge in [-0.05, 0) is 30.9 Å². The van der Waals surface area contributed by atoms with Crippen LogP contribution in [0.4, 0.5) is 5.13 Å². The number of nitrogens with zero attached hydrogens (tertiary/aromatic N) is 1. The van der Waals surface area contributed by atoms with Gasteiger partial charge in [-0.15, -0.1) is 11.6 Å². The molecule has 2 unspecified atom stereocenters. The average Bonchev–Trinajstić information content (AvgIpc) is 2.80. The first-order valence-electron chi connectivity index (χ1n) is 6.56. The Labute approximate surface area is 116 Å². The molecule has 1 aliphatic carbocycles. The fraction of sp³-hybridized carbons (Fsp3) is 0.500. The van der Waals surface area contributed by atoms with Crippen molar-refractivity contribution in [1.82, 2.24) is 4.98 Å². The largest absolute Gasteiger partial charge is 0.361 e. The zero-order valence-electron chi connectivity index (χ0n) is 10.2. The van der Waals surface area contributed by atoms with Gasteiger partial charge in [-0.3, -0.25) is 0 Å². The highest BCUT2D eigenvalue weighted by molar-refractivity contribution is 7.22. The SMILES string of the molecule is ClC1CCCCC1CNc1nc2ccccc2s1. The number of hydrogen-bond donors (Lipinski definition) is 1. The van der Waals surface area contributed by atoms with E-state index in [9.17, 15) is 0 Å². The van der Waals surface area contributed by atoms with Gasteiger partial charge in [0.05, 0.1) is 10.2 Å². The number of nitrogens with one attached hydrogen (secondary N) is 1. The molecule has 3 rings (SSSR count). The van der Waals surface area contributed by atoms with E-state index in [-0.39, 0.29) is 0 Å². The predicted octanol–water partition coefficient (Wildman–Crippen LogP) is 4.51. The number of anilines is 1. The van der Waals surface area contributed by atoms with Crippen molar-refractivity contribution < 1.29 is 0 Å². The third-order valence-corrected chi connectivity index (χ3v) is 5.19. The number of halogens is 1. The van der Waals surface area contributed by atoms with Crippen LogP contribution in [-0.4, -0.2) is 16.9 Å². The number of fused-ring (bicyclic) bond motifs is 1. The van der Waals surface area contributed by atoms with E-state index in [0.717, 1.165) is 23.6 Å². The van der Waals surface area contributed by atoms with Gasteiger partial charge in [-0.2, -0.15) is 0 Å². The summed E-state index contributed by atoms with van der Waals surface area (Å²) in [7, 11) is 0. The van der Waals surface area contributed by atoms with Crippen molar-refractivity contribution in [3.8, 4) is 0 Å². The molecule has 1 saturated carbocycles. The molecule has 1 aromatic carbocycles. The van der Waals surface area contributed by atoms with Crippen molar-refractivity contribution >= 4 is 38.3 Å². The van der Waals surface area contributed by atoms with E-state index in [1.807, 2.05) is 6.07 Å². The van der Waals surface area contributed by atoms with Gasteiger partial charge < -0.3 is 5.32 Å². The second-order valence-electron chi connectivity index (χ2n) is 4.93. The molecule has 2 nitrogen and oxygen atoms in total. The predicted molar refractivity (Wildman–Crippen MR) is 79.7 cm³/mol. The van der Waals surface area contributed by atoms with Crippen LogP contribution in [0.15, 0.2) is 24.3 Å². The average molecular weight is 281 g/mol. The van der Waals surface area contributed by atoms with Crippen LogP contribution in [0.25, 0.3) is 10.2 Å². The van der Waals surface area contributed by atoms with Crippen molar-refractivity contribution in [2.45, 2.75) is 31.1 Å². The molecule has 1 fully saturated rings. The molecule has 2 atom stereocenters. The molecule has 0 radical (unpaired) electrons. The number of alkyl halides is 1.